The number of benzene rings is 1. The van der Waals surface area contributed by atoms with Crippen molar-refractivity contribution in [1.82, 2.24) is 4.37 Å². The van der Waals surface area contributed by atoms with Gasteiger partial charge in [0.25, 0.3) is 0 Å². The van der Waals surface area contributed by atoms with Gasteiger partial charge in [-0.2, -0.15) is 8.33 Å². The first-order chi connectivity index (χ1) is 6.29. The van der Waals surface area contributed by atoms with E-state index in [1.54, 1.807) is 0 Å². The summed E-state index contributed by atoms with van der Waals surface area (Å²) in [4.78, 5) is 11.4. The van der Waals surface area contributed by atoms with Gasteiger partial charge in [0, 0.05) is 5.56 Å². The van der Waals surface area contributed by atoms with Crippen LogP contribution in [-0.2, 0) is 7.05 Å². The minimum absolute atomic E-state index is 0.0290. The normalized spacial score (nSPS) is 10.2. The number of rotatable bonds is 1. The third-order valence-electron chi connectivity index (χ3n) is 1.85. The summed E-state index contributed by atoms with van der Waals surface area (Å²) in [6.07, 6.45) is 0. The maximum atomic E-state index is 11.4. The van der Waals surface area contributed by atoms with Gasteiger partial charge >= 0.3 is 5.56 Å². The third-order valence-corrected chi connectivity index (χ3v) is 2.59. The molecule has 0 unspecified atom stereocenters. The van der Waals surface area contributed by atoms with E-state index < -0.39 is 0 Å². The largest absolute Gasteiger partial charge is 0.390 e. The summed E-state index contributed by atoms with van der Waals surface area (Å²) in [5, 5.41) is 0. The molecule has 0 spiro atoms. The van der Waals surface area contributed by atoms with E-state index in [0.29, 0.717) is 5.69 Å². The standard InChI is InChI=1S/C9H8N2OS/c1-11-8(9(12)10-13-11)7-5-3-2-4-6-7/h2-6H,1H3/p+1. The van der Waals surface area contributed by atoms with Crippen LogP contribution in [0.1, 0.15) is 0 Å². The molecule has 2 rings (SSSR count). The molecule has 0 bridgehead atoms. The Morgan fingerprint density at radius 1 is 1.31 bits per heavy atom. The van der Waals surface area contributed by atoms with E-state index in [0.717, 1.165) is 5.56 Å². The first kappa shape index (κ1) is 8.19. The fourth-order valence-corrected chi connectivity index (χ4v) is 1.85. The molecule has 1 heterocycles. The van der Waals surface area contributed by atoms with Crippen molar-refractivity contribution in [2.75, 3.05) is 0 Å². The monoisotopic (exact) mass is 193 g/mol. The SMILES string of the molecule is C[n+]1s[nH]c(=O)c1-c1ccccc1. The quantitative estimate of drug-likeness (QED) is 0.672. The van der Waals surface area contributed by atoms with Crippen LogP contribution >= 0.6 is 11.7 Å². The lowest BCUT2D eigenvalue weighted by Crippen LogP contribution is -2.27. The van der Waals surface area contributed by atoms with Gasteiger partial charge in [0.2, 0.25) is 17.4 Å². The third kappa shape index (κ3) is 1.40. The van der Waals surface area contributed by atoms with Crippen LogP contribution in [0.2, 0.25) is 0 Å². The van der Waals surface area contributed by atoms with Gasteiger partial charge < -0.3 is 0 Å². The number of aryl methyl sites for hydroxylation is 1. The van der Waals surface area contributed by atoms with Crippen LogP contribution in [0, 0.1) is 0 Å². The van der Waals surface area contributed by atoms with Gasteiger partial charge in [0.05, 0.1) is 7.05 Å². The van der Waals surface area contributed by atoms with Crippen molar-refractivity contribution in [3.8, 4) is 11.3 Å². The Labute approximate surface area is 79.6 Å². The van der Waals surface area contributed by atoms with E-state index in [-0.39, 0.29) is 5.56 Å². The molecule has 0 amide bonds. The summed E-state index contributed by atoms with van der Waals surface area (Å²) in [6, 6.07) is 9.64. The molecule has 66 valence electrons. The van der Waals surface area contributed by atoms with E-state index in [4.69, 9.17) is 0 Å². The van der Waals surface area contributed by atoms with Crippen molar-refractivity contribution in [3.05, 3.63) is 40.7 Å². The second-order valence-corrected chi connectivity index (χ2v) is 3.67. The van der Waals surface area contributed by atoms with Crippen molar-refractivity contribution >= 4 is 11.7 Å². The van der Waals surface area contributed by atoms with Gasteiger partial charge in [0.1, 0.15) is 0 Å². The number of hydrogen-bond acceptors (Lipinski definition) is 2. The molecule has 0 aliphatic carbocycles. The maximum absolute atomic E-state index is 11.4. The molecule has 1 aromatic heterocycles. The highest BCUT2D eigenvalue weighted by molar-refractivity contribution is 6.94. The molecule has 4 heteroatoms. The maximum Gasteiger partial charge on any atom is 0.390 e. The predicted octanol–water partition coefficient (Wildman–Crippen LogP) is 0.928. The molecule has 0 atom stereocenters. The van der Waals surface area contributed by atoms with E-state index in [1.165, 1.54) is 11.7 Å². The number of aromatic amines is 1. The zero-order chi connectivity index (χ0) is 9.26. The fraction of sp³-hybridized carbons (Fsp3) is 0.111. The highest BCUT2D eigenvalue weighted by atomic mass is 32.1. The second-order valence-electron chi connectivity index (χ2n) is 2.73. The number of aromatic nitrogens is 2. The van der Waals surface area contributed by atoms with Crippen LogP contribution in [0.5, 0.6) is 0 Å². The molecule has 0 aliphatic heterocycles. The van der Waals surface area contributed by atoms with Gasteiger partial charge in [-0.3, -0.25) is 0 Å². The van der Waals surface area contributed by atoms with Crippen molar-refractivity contribution in [3.63, 3.8) is 0 Å². The van der Waals surface area contributed by atoms with E-state index in [1.807, 2.05) is 41.3 Å². The molecule has 0 radical (unpaired) electrons. The second kappa shape index (κ2) is 3.14. The van der Waals surface area contributed by atoms with Crippen molar-refractivity contribution < 1.29 is 3.96 Å². The van der Waals surface area contributed by atoms with Gasteiger partial charge in [-0.1, -0.05) is 30.3 Å². The highest BCUT2D eigenvalue weighted by Gasteiger charge is 2.14. The summed E-state index contributed by atoms with van der Waals surface area (Å²) >= 11 is 1.31. The van der Waals surface area contributed by atoms with Crippen LogP contribution in [0.15, 0.2) is 35.1 Å². The molecule has 3 nitrogen and oxygen atoms in total. The lowest BCUT2D eigenvalue weighted by Gasteiger charge is -1.92. The van der Waals surface area contributed by atoms with E-state index >= 15 is 0 Å². The highest BCUT2D eigenvalue weighted by Crippen LogP contribution is 2.09. The lowest BCUT2D eigenvalue weighted by molar-refractivity contribution is -0.590. The van der Waals surface area contributed by atoms with Crippen molar-refractivity contribution in [2.24, 2.45) is 7.05 Å². The number of hydrogen-bond donors (Lipinski definition) is 1. The molecule has 2 aromatic rings. The van der Waals surface area contributed by atoms with E-state index in [9.17, 15) is 4.79 Å². The van der Waals surface area contributed by atoms with Crippen molar-refractivity contribution in [2.45, 2.75) is 0 Å². The molecule has 1 N–H and O–H groups in total. The Kier molecular flexibility index (Phi) is 1.98. The average molecular weight is 193 g/mol. The number of nitrogens with zero attached hydrogens (tertiary/aromatic N) is 1. The van der Waals surface area contributed by atoms with Gasteiger partial charge in [0.15, 0.2) is 0 Å². The molecule has 0 saturated heterocycles. The predicted molar refractivity (Wildman–Crippen MR) is 51.6 cm³/mol. The topological polar surface area (TPSA) is 36.7 Å². The smallest absolute Gasteiger partial charge is 0.235 e. The van der Waals surface area contributed by atoms with Crippen LogP contribution in [-0.4, -0.2) is 4.37 Å². The number of nitrogens with one attached hydrogen (secondary N) is 1. The molecule has 1 aromatic carbocycles. The Morgan fingerprint density at radius 3 is 2.54 bits per heavy atom. The molecular formula is C9H9N2OS+. The molecule has 0 aliphatic rings. The van der Waals surface area contributed by atoms with Crippen molar-refractivity contribution in [1.29, 1.82) is 0 Å². The van der Waals surface area contributed by atoms with Crippen LogP contribution in [0.25, 0.3) is 11.3 Å². The first-order valence-electron chi connectivity index (χ1n) is 3.92. The summed E-state index contributed by atoms with van der Waals surface area (Å²) in [7, 11) is 1.87. The fourth-order valence-electron chi connectivity index (χ4n) is 1.26. The Morgan fingerprint density at radius 2 is 2.00 bits per heavy atom. The minimum Gasteiger partial charge on any atom is -0.235 e. The van der Waals surface area contributed by atoms with Crippen LogP contribution < -0.4 is 9.52 Å². The van der Waals surface area contributed by atoms with Crippen LogP contribution in [0.4, 0.5) is 0 Å². The molecule has 0 saturated carbocycles. The molecule has 13 heavy (non-hydrogen) atoms. The number of H-pyrrole nitrogens is 1. The summed E-state index contributed by atoms with van der Waals surface area (Å²) in [5.74, 6) is 0. The molecule has 0 fully saturated rings. The van der Waals surface area contributed by atoms with Gasteiger partial charge in [-0.25, -0.2) is 4.79 Å². The van der Waals surface area contributed by atoms with Gasteiger partial charge in [-0.05, 0) is 0 Å². The summed E-state index contributed by atoms with van der Waals surface area (Å²) in [5.41, 5.74) is 1.64. The zero-order valence-corrected chi connectivity index (χ0v) is 7.97. The summed E-state index contributed by atoms with van der Waals surface area (Å²) in [6.45, 7) is 0. The van der Waals surface area contributed by atoms with E-state index in [2.05, 4.69) is 4.37 Å². The Balaban J connectivity index is 2.65. The minimum atomic E-state index is -0.0290. The van der Waals surface area contributed by atoms with Crippen LogP contribution in [0.3, 0.4) is 0 Å². The molecular weight excluding hydrogens is 184 g/mol. The Hall–Kier alpha value is -1.42. The zero-order valence-electron chi connectivity index (χ0n) is 7.15. The summed E-state index contributed by atoms with van der Waals surface area (Å²) < 4.78 is 4.52. The first-order valence-corrected chi connectivity index (χ1v) is 4.70. The van der Waals surface area contributed by atoms with Gasteiger partial charge in [-0.15, -0.1) is 0 Å². The Bertz CT molecular complexity index is 458. The lowest BCUT2D eigenvalue weighted by atomic mass is 10.2. The average Bonchev–Trinajstić information content (AvgIpc) is 2.48.